The Labute approximate surface area is 89.9 Å². The Morgan fingerprint density at radius 1 is 1.27 bits per heavy atom. The largest absolute Gasteiger partial charge is 0.508 e. The van der Waals surface area contributed by atoms with Crippen LogP contribution in [0.3, 0.4) is 0 Å². The summed E-state index contributed by atoms with van der Waals surface area (Å²) < 4.78 is 5.53. The van der Waals surface area contributed by atoms with Gasteiger partial charge in [-0.25, -0.2) is 0 Å². The van der Waals surface area contributed by atoms with E-state index in [0.717, 1.165) is 12.0 Å². The maximum Gasteiger partial charge on any atom is 0.118 e. The van der Waals surface area contributed by atoms with Crippen LogP contribution in [0.1, 0.15) is 36.3 Å². The second-order valence-corrected chi connectivity index (χ2v) is 4.77. The van der Waals surface area contributed by atoms with Gasteiger partial charge in [0, 0.05) is 0 Å². The second kappa shape index (κ2) is 3.24. The predicted octanol–water partition coefficient (Wildman–Crippen LogP) is 2.74. The number of hydrogen-bond acceptors (Lipinski definition) is 2. The zero-order valence-corrected chi connectivity index (χ0v) is 8.94. The molecule has 2 aliphatic rings. The quantitative estimate of drug-likeness (QED) is 0.713. The molecule has 1 aliphatic carbocycles. The molecule has 0 bridgehead atoms. The minimum absolute atomic E-state index is 0.398. The van der Waals surface area contributed by atoms with Gasteiger partial charge in [-0.1, -0.05) is 12.1 Å². The van der Waals surface area contributed by atoms with Gasteiger partial charge in [-0.15, -0.1) is 0 Å². The van der Waals surface area contributed by atoms with Crippen molar-refractivity contribution in [1.29, 1.82) is 0 Å². The van der Waals surface area contributed by atoms with Gasteiger partial charge in [-0.05, 0) is 49.3 Å². The monoisotopic (exact) mass is 204 g/mol. The Kier molecular flexibility index (Phi) is 1.99. The smallest absolute Gasteiger partial charge is 0.118 e. The molecule has 80 valence electrons. The fourth-order valence-electron chi connectivity index (χ4n) is 2.64. The van der Waals surface area contributed by atoms with Crippen molar-refractivity contribution in [3.8, 4) is 5.75 Å². The lowest BCUT2D eigenvalue weighted by atomic mass is 9.83. The van der Waals surface area contributed by atoms with Gasteiger partial charge in [0.1, 0.15) is 5.75 Å². The van der Waals surface area contributed by atoms with Crippen molar-refractivity contribution in [1.82, 2.24) is 0 Å². The first-order valence-corrected chi connectivity index (χ1v) is 5.69. The number of rotatable bonds is 1. The maximum absolute atomic E-state index is 9.48. The normalized spacial score (nSPS) is 33.5. The third-order valence-electron chi connectivity index (χ3n) is 3.70. The fraction of sp³-hybridized carbons (Fsp3) is 0.538. The number of phenols is 1. The zero-order valence-electron chi connectivity index (χ0n) is 8.94. The van der Waals surface area contributed by atoms with Gasteiger partial charge < -0.3 is 9.84 Å². The van der Waals surface area contributed by atoms with E-state index in [0.29, 0.717) is 23.9 Å². The Morgan fingerprint density at radius 3 is 2.87 bits per heavy atom. The van der Waals surface area contributed by atoms with Gasteiger partial charge in [0.15, 0.2) is 0 Å². The molecule has 1 aromatic carbocycles. The van der Waals surface area contributed by atoms with E-state index >= 15 is 0 Å². The van der Waals surface area contributed by atoms with Gasteiger partial charge in [0.05, 0.1) is 12.2 Å². The zero-order chi connectivity index (χ0) is 10.4. The van der Waals surface area contributed by atoms with Crippen LogP contribution in [-0.4, -0.2) is 17.3 Å². The van der Waals surface area contributed by atoms with E-state index in [-0.39, 0.29) is 0 Å². The summed E-state index contributed by atoms with van der Waals surface area (Å²) in [5, 5.41) is 9.48. The van der Waals surface area contributed by atoms with Crippen molar-refractivity contribution < 1.29 is 9.84 Å². The lowest BCUT2D eigenvalue weighted by Gasteiger charge is -2.19. The Hall–Kier alpha value is -1.02. The highest BCUT2D eigenvalue weighted by Crippen LogP contribution is 2.44. The van der Waals surface area contributed by atoms with Crippen LogP contribution in [0, 0.1) is 6.92 Å². The molecule has 0 amide bonds. The second-order valence-electron chi connectivity index (χ2n) is 4.77. The molecule has 1 heterocycles. The van der Waals surface area contributed by atoms with Crippen molar-refractivity contribution in [2.45, 2.75) is 44.3 Å². The van der Waals surface area contributed by atoms with E-state index in [9.17, 15) is 5.11 Å². The summed E-state index contributed by atoms with van der Waals surface area (Å²) in [6.45, 7) is 1.96. The SMILES string of the molecule is Cc1cc(C2CCC3OC3C2)ccc1O. The minimum atomic E-state index is 0.398. The number of hydrogen-bond donors (Lipinski definition) is 1. The lowest BCUT2D eigenvalue weighted by molar-refractivity contribution is 0.371. The molecule has 2 nitrogen and oxygen atoms in total. The number of fused-ring (bicyclic) bond motifs is 1. The van der Waals surface area contributed by atoms with Crippen LogP contribution in [0.25, 0.3) is 0 Å². The molecule has 1 aromatic rings. The van der Waals surface area contributed by atoms with Crippen LogP contribution < -0.4 is 0 Å². The molecule has 1 aliphatic heterocycles. The molecule has 1 saturated carbocycles. The van der Waals surface area contributed by atoms with Crippen molar-refractivity contribution in [3.05, 3.63) is 29.3 Å². The topological polar surface area (TPSA) is 32.8 Å². The number of aryl methyl sites for hydroxylation is 1. The molecule has 2 heteroatoms. The van der Waals surface area contributed by atoms with Crippen LogP contribution >= 0.6 is 0 Å². The number of epoxide rings is 1. The van der Waals surface area contributed by atoms with Crippen molar-refractivity contribution in [2.75, 3.05) is 0 Å². The first-order chi connectivity index (χ1) is 7.24. The van der Waals surface area contributed by atoms with Gasteiger partial charge >= 0.3 is 0 Å². The van der Waals surface area contributed by atoms with E-state index in [1.807, 2.05) is 13.0 Å². The van der Waals surface area contributed by atoms with Crippen LogP contribution in [0.5, 0.6) is 5.75 Å². The van der Waals surface area contributed by atoms with E-state index in [4.69, 9.17) is 4.74 Å². The standard InChI is InChI=1S/C13H16O2/c1-8-6-9(2-4-11(8)14)10-3-5-12-13(7-10)15-12/h2,4,6,10,12-14H,3,5,7H2,1H3. The van der Waals surface area contributed by atoms with E-state index in [1.54, 1.807) is 0 Å². The summed E-state index contributed by atoms with van der Waals surface area (Å²) >= 11 is 0. The van der Waals surface area contributed by atoms with E-state index in [2.05, 4.69) is 12.1 Å². The molecule has 2 fully saturated rings. The van der Waals surface area contributed by atoms with Gasteiger partial charge in [-0.2, -0.15) is 0 Å². The predicted molar refractivity (Wildman–Crippen MR) is 58.1 cm³/mol. The van der Waals surface area contributed by atoms with Gasteiger partial charge in [0.2, 0.25) is 0 Å². The van der Waals surface area contributed by atoms with E-state index < -0.39 is 0 Å². The summed E-state index contributed by atoms with van der Waals surface area (Å²) in [5.74, 6) is 1.03. The molecule has 1 N–H and O–H groups in total. The summed E-state index contributed by atoms with van der Waals surface area (Å²) in [5.41, 5.74) is 2.34. The summed E-state index contributed by atoms with van der Waals surface area (Å²) in [6.07, 6.45) is 4.69. The fourth-order valence-corrected chi connectivity index (χ4v) is 2.64. The highest BCUT2D eigenvalue weighted by atomic mass is 16.6. The molecule has 15 heavy (non-hydrogen) atoms. The third kappa shape index (κ3) is 1.63. The first kappa shape index (κ1) is 9.22. The van der Waals surface area contributed by atoms with Crippen LogP contribution in [0.2, 0.25) is 0 Å². The molecule has 0 radical (unpaired) electrons. The first-order valence-electron chi connectivity index (χ1n) is 5.69. The summed E-state index contributed by atoms with van der Waals surface area (Å²) in [4.78, 5) is 0. The number of aromatic hydroxyl groups is 1. The lowest BCUT2D eigenvalue weighted by Crippen LogP contribution is -2.11. The van der Waals surface area contributed by atoms with Crippen molar-refractivity contribution >= 4 is 0 Å². The Bertz CT molecular complexity index is 386. The Balaban J connectivity index is 1.82. The highest BCUT2D eigenvalue weighted by molar-refractivity contribution is 5.36. The molecule has 3 atom stereocenters. The minimum Gasteiger partial charge on any atom is -0.508 e. The van der Waals surface area contributed by atoms with E-state index in [1.165, 1.54) is 18.4 Å². The number of ether oxygens (including phenoxy) is 1. The third-order valence-corrected chi connectivity index (χ3v) is 3.70. The summed E-state index contributed by atoms with van der Waals surface area (Å²) in [7, 11) is 0. The van der Waals surface area contributed by atoms with Gasteiger partial charge in [-0.3, -0.25) is 0 Å². The molecular weight excluding hydrogens is 188 g/mol. The maximum atomic E-state index is 9.48. The van der Waals surface area contributed by atoms with Crippen LogP contribution in [-0.2, 0) is 4.74 Å². The average Bonchev–Trinajstić information content (AvgIpc) is 3.00. The molecule has 3 unspecified atom stereocenters. The highest BCUT2D eigenvalue weighted by Gasteiger charge is 2.44. The van der Waals surface area contributed by atoms with Crippen LogP contribution in [0.4, 0.5) is 0 Å². The van der Waals surface area contributed by atoms with Crippen LogP contribution in [0.15, 0.2) is 18.2 Å². The summed E-state index contributed by atoms with van der Waals surface area (Å²) in [6, 6.07) is 5.98. The van der Waals surface area contributed by atoms with Crippen molar-refractivity contribution in [3.63, 3.8) is 0 Å². The molecular formula is C13H16O2. The number of benzene rings is 1. The molecule has 0 aromatic heterocycles. The molecule has 1 saturated heterocycles. The average molecular weight is 204 g/mol. The Morgan fingerprint density at radius 2 is 2.13 bits per heavy atom. The van der Waals surface area contributed by atoms with Gasteiger partial charge in [0.25, 0.3) is 0 Å². The van der Waals surface area contributed by atoms with Crippen molar-refractivity contribution in [2.24, 2.45) is 0 Å². The number of phenolic OH excluding ortho intramolecular Hbond substituents is 1. The molecule has 3 rings (SSSR count). The molecule has 0 spiro atoms.